The fraction of sp³-hybridized carbons (Fsp3) is 0.400. The highest BCUT2D eigenvalue weighted by Crippen LogP contribution is 2.27. The van der Waals surface area contributed by atoms with Crippen molar-refractivity contribution in [1.29, 1.82) is 0 Å². The van der Waals surface area contributed by atoms with Gasteiger partial charge in [-0.2, -0.15) is 0 Å². The van der Waals surface area contributed by atoms with E-state index in [0.717, 1.165) is 29.0 Å². The second-order valence-corrected chi connectivity index (χ2v) is 5.60. The van der Waals surface area contributed by atoms with Gasteiger partial charge in [0, 0.05) is 41.9 Å². The van der Waals surface area contributed by atoms with Crippen molar-refractivity contribution in [2.24, 2.45) is 0 Å². The third-order valence-electron chi connectivity index (χ3n) is 3.75. The molecule has 1 N–H and O–H groups in total. The van der Waals surface area contributed by atoms with Crippen LogP contribution in [0.3, 0.4) is 0 Å². The molecule has 100 valence electrons. The van der Waals surface area contributed by atoms with E-state index in [2.05, 4.69) is 34.4 Å². The third kappa shape index (κ3) is 2.67. The number of pyridine rings is 1. The van der Waals surface area contributed by atoms with Crippen LogP contribution in [0.25, 0.3) is 10.9 Å². The number of nitrogens with one attached hydrogen (secondary N) is 1. The number of anilines is 1. The Morgan fingerprint density at radius 2 is 2.32 bits per heavy atom. The van der Waals surface area contributed by atoms with Crippen LogP contribution < -0.4 is 10.2 Å². The van der Waals surface area contributed by atoms with E-state index in [1.807, 2.05) is 18.3 Å². The average Bonchev–Trinajstić information content (AvgIpc) is 2.90. The molecule has 1 aromatic heterocycles. The summed E-state index contributed by atoms with van der Waals surface area (Å²) in [4.78, 5) is 6.70. The van der Waals surface area contributed by atoms with Crippen molar-refractivity contribution < 1.29 is 0 Å². The molecule has 0 aliphatic carbocycles. The fourth-order valence-electron chi connectivity index (χ4n) is 2.78. The van der Waals surface area contributed by atoms with Crippen molar-refractivity contribution in [1.82, 2.24) is 10.3 Å². The predicted octanol–water partition coefficient (Wildman–Crippen LogP) is 3.08. The second-order valence-electron chi connectivity index (χ2n) is 5.17. The van der Waals surface area contributed by atoms with Gasteiger partial charge in [0.1, 0.15) is 0 Å². The number of rotatable bonds is 3. The van der Waals surface area contributed by atoms with E-state index >= 15 is 0 Å². The molecule has 1 aliphatic heterocycles. The molecule has 0 amide bonds. The minimum absolute atomic E-state index is 0.598. The second kappa shape index (κ2) is 5.35. The van der Waals surface area contributed by atoms with E-state index in [-0.39, 0.29) is 0 Å². The Kier molecular flexibility index (Phi) is 3.58. The normalized spacial score (nSPS) is 18.9. The summed E-state index contributed by atoms with van der Waals surface area (Å²) < 4.78 is 0. The third-order valence-corrected chi connectivity index (χ3v) is 3.98. The largest absolute Gasteiger partial charge is 0.372 e. The molecule has 4 heteroatoms. The van der Waals surface area contributed by atoms with Gasteiger partial charge < -0.3 is 10.2 Å². The highest BCUT2D eigenvalue weighted by Gasteiger charge is 2.17. The summed E-state index contributed by atoms with van der Waals surface area (Å²) in [6.07, 6.45) is 4.40. The average molecular weight is 276 g/mol. The molecular formula is C15H18ClN3. The van der Waals surface area contributed by atoms with Crippen molar-refractivity contribution in [3.05, 3.63) is 35.5 Å². The molecule has 2 heterocycles. The highest BCUT2D eigenvalue weighted by atomic mass is 35.5. The molecule has 1 atom stereocenters. The van der Waals surface area contributed by atoms with Gasteiger partial charge in [-0.25, -0.2) is 0 Å². The summed E-state index contributed by atoms with van der Waals surface area (Å²) in [7, 11) is 2.14. The van der Waals surface area contributed by atoms with Crippen LogP contribution in [-0.2, 0) is 0 Å². The molecule has 1 aromatic carbocycles. The smallest absolute Gasteiger partial charge is 0.0737 e. The summed E-state index contributed by atoms with van der Waals surface area (Å²) in [6.45, 7) is 2.17. The van der Waals surface area contributed by atoms with Gasteiger partial charge in [-0.3, -0.25) is 4.98 Å². The van der Waals surface area contributed by atoms with Gasteiger partial charge in [-0.15, -0.1) is 0 Å². The van der Waals surface area contributed by atoms with Gasteiger partial charge in [0.25, 0.3) is 0 Å². The zero-order valence-corrected chi connectivity index (χ0v) is 11.8. The van der Waals surface area contributed by atoms with Crippen LogP contribution in [0.4, 0.5) is 5.69 Å². The molecule has 19 heavy (non-hydrogen) atoms. The van der Waals surface area contributed by atoms with Crippen molar-refractivity contribution in [3.8, 4) is 0 Å². The number of hydrogen-bond acceptors (Lipinski definition) is 3. The standard InChI is InChI=1S/C15H18ClN3/c1-19(10-12-3-2-7-17-12)15-6-8-18-14-9-11(16)4-5-13(14)15/h4-6,8-9,12,17H,2-3,7,10H2,1H3. The fourth-order valence-corrected chi connectivity index (χ4v) is 2.95. The number of halogens is 1. The highest BCUT2D eigenvalue weighted by molar-refractivity contribution is 6.31. The first-order valence-electron chi connectivity index (χ1n) is 6.73. The summed E-state index contributed by atoms with van der Waals surface area (Å²) >= 11 is 6.02. The molecule has 1 unspecified atom stereocenters. The topological polar surface area (TPSA) is 28.2 Å². The molecule has 2 aromatic rings. The van der Waals surface area contributed by atoms with E-state index in [0.29, 0.717) is 6.04 Å². The van der Waals surface area contributed by atoms with Gasteiger partial charge in [0.2, 0.25) is 0 Å². The first-order chi connectivity index (χ1) is 9.24. The summed E-state index contributed by atoms with van der Waals surface area (Å²) in [6, 6.07) is 8.57. The minimum atomic E-state index is 0.598. The first-order valence-corrected chi connectivity index (χ1v) is 7.10. The molecule has 1 fully saturated rings. The predicted molar refractivity (Wildman–Crippen MR) is 81.0 cm³/mol. The SMILES string of the molecule is CN(CC1CCCN1)c1ccnc2cc(Cl)ccc12. The van der Waals surface area contributed by atoms with Crippen molar-refractivity contribution in [2.75, 3.05) is 25.0 Å². The Morgan fingerprint density at radius 1 is 1.42 bits per heavy atom. The number of fused-ring (bicyclic) bond motifs is 1. The number of benzene rings is 1. The van der Waals surface area contributed by atoms with Gasteiger partial charge in [0.15, 0.2) is 0 Å². The number of hydrogen-bond donors (Lipinski definition) is 1. The van der Waals surface area contributed by atoms with Crippen LogP contribution in [-0.4, -0.2) is 31.2 Å². The molecular weight excluding hydrogens is 258 g/mol. The lowest BCUT2D eigenvalue weighted by Crippen LogP contribution is -2.35. The minimum Gasteiger partial charge on any atom is -0.372 e. The Labute approximate surface area is 118 Å². The van der Waals surface area contributed by atoms with E-state index in [9.17, 15) is 0 Å². The van der Waals surface area contributed by atoms with Crippen molar-refractivity contribution >= 4 is 28.2 Å². The summed E-state index contributed by atoms with van der Waals surface area (Å²) in [5, 5.41) is 5.43. The van der Waals surface area contributed by atoms with Crippen LogP contribution in [0.1, 0.15) is 12.8 Å². The quantitative estimate of drug-likeness (QED) is 0.933. The first kappa shape index (κ1) is 12.7. The molecule has 1 saturated heterocycles. The zero-order chi connectivity index (χ0) is 13.2. The van der Waals surface area contributed by atoms with Gasteiger partial charge in [-0.05, 0) is 43.7 Å². The van der Waals surface area contributed by atoms with E-state index < -0.39 is 0 Å². The molecule has 3 rings (SSSR count). The maximum atomic E-state index is 6.02. The molecule has 0 spiro atoms. The maximum Gasteiger partial charge on any atom is 0.0737 e. The monoisotopic (exact) mass is 275 g/mol. The lowest BCUT2D eigenvalue weighted by Gasteiger charge is -2.24. The van der Waals surface area contributed by atoms with Gasteiger partial charge >= 0.3 is 0 Å². The Bertz CT molecular complexity index is 579. The Balaban J connectivity index is 1.90. The van der Waals surface area contributed by atoms with Gasteiger partial charge in [0.05, 0.1) is 5.52 Å². The van der Waals surface area contributed by atoms with Crippen LogP contribution >= 0.6 is 11.6 Å². The molecule has 1 aliphatic rings. The van der Waals surface area contributed by atoms with Crippen molar-refractivity contribution in [2.45, 2.75) is 18.9 Å². The van der Waals surface area contributed by atoms with Crippen LogP contribution in [0.15, 0.2) is 30.5 Å². The van der Waals surface area contributed by atoms with Gasteiger partial charge in [-0.1, -0.05) is 11.6 Å². The molecule has 0 radical (unpaired) electrons. The number of aromatic nitrogens is 1. The van der Waals surface area contributed by atoms with Crippen LogP contribution in [0, 0.1) is 0 Å². The Morgan fingerprint density at radius 3 is 3.11 bits per heavy atom. The van der Waals surface area contributed by atoms with E-state index in [1.165, 1.54) is 18.5 Å². The van der Waals surface area contributed by atoms with Crippen molar-refractivity contribution in [3.63, 3.8) is 0 Å². The summed E-state index contributed by atoms with van der Waals surface area (Å²) in [5.74, 6) is 0. The number of nitrogens with zero attached hydrogens (tertiary/aromatic N) is 2. The number of likely N-dealkylation sites (N-methyl/N-ethyl adjacent to an activating group) is 1. The maximum absolute atomic E-state index is 6.02. The lowest BCUT2D eigenvalue weighted by molar-refractivity contribution is 0.600. The van der Waals surface area contributed by atoms with E-state index in [4.69, 9.17) is 11.6 Å². The van der Waals surface area contributed by atoms with Crippen LogP contribution in [0.2, 0.25) is 5.02 Å². The summed E-state index contributed by atoms with van der Waals surface area (Å²) in [5.41, 5.74) is 2.17. The molecule has 0 bridgehead atoms. The molecule has 0 saturated carbocycles. The molecule has 3 nitrogen and oxygen atoms in total. The zero-order valence-electron chi connectivity index (χ0n) is 11.1. The van der Waals surface area contributed by atoms with E-state index in [1.54, 1.807) is 0 Å². The Hall–Kier alpha value is -1.32. The lowest BCUT2D eigenvalue weighted by atomic mass is 10.1. The van der Waals surface area contributed by atoms with Crippen LogP contribution in [0.5, 0.6) is 0 Å².